The molecule has 0 radical (unpaired) electrons. The lowest BCUT2D eigenvalue weighted by Crippen LogP contribution is -2.32. The van der Waals surface area contributed by atoms with Gasteiger partial charge in [0.05, 0.1) is 24.6 Å². The van der Waals surface area contributed by atoms with E-state index in [2.05, 4.69) is 9.72 Å². The molecule has 3 unspecified atom stereocenters. The summed E-state index contributed by atoms with van der Waals surface area (Å²) in [5, 5.41) is 0.918. The number of carbonyl (C=O) groups is 4. The molecule has 1 fully saturated rings. The van der Waals surface area contributed by atoms with Crippen LogP contribution in [0.2, 0.25) is 10.0 Å². The van der Waals surface area contributed by atoms with Crippen molar-refractivity contribution in [1.29, 1.82) is 0 Å². The standard InChI is InChI=1S/C25H20Cl2N2O8.C2H6/c1-34-25(33)22-18(11-30)29(13-28-22)21-10-19(37-24(32)15-4-8-17(27)9-5-15)20(36-21)12-35-23(31)14-2-6-16(26)7-3-14;1-2/h2-9,11,13,19-21H,10,12H2,1H3;1-2H3. The van der Waals surface area contributed by atoms with Crippen LogP contribution in [-0.2, 0) is 18.9 Å². The molecule has 0 spiro atoms. The third-order valence-electron chi connectivity index (χ3n) is 5.61. The molecule has 0 amide bonds. The minimum Gasteiger partial charge on any atom is -0.464 e. The van der Waals surface area contributed by atoms with Crippen molar-refractivity contribution >= 4 is 47.4 Å². The number of rotatable bonds is 8. The number of hydrogen-bond acceptors (Lipinski definition) is 9. The van der Waals surface area contributed by atoms with Gasteiger partial charge in [0.15, 0.2) is 12.0 Å². The Kier molecular flexibility index (Phi) is 10.6. The van der Waals surface area contributed by atoms with E-state index in [1.165, 1.54) is 42.3 Å². The van der Waals surface area contributed by atoms with E-state index >= 15 is 0 Å². The summed E-state index contributed by atoms with van der Waals surface area (Å²) in [5.74, 6) is -2.06. The number of benzene rings is 2. The predicted molar refractivity (Wildman–Crippen MR) is 141 cm³/mol. The van der Waals surface area contributed by atoms with Crippen LogP contribution in [0.5, 0.6) is 0 Å². The fourth-order valence-corrected chi connectivity index (χ4v) is 3.99. The Bertz CT molecular complexity index is 1310. The van der Waals surface area contributed by atoms with E-state index in [9.17, 15) is 19.2 Å². The van der Waals surface area contributed by atoms with Gasteiger partial charge in [-0.3, -0.25) is 4.79 Å². The lowest BCUT2D eigenvalue weighted by molar-refractivity contribution is -0.0573. The molecular formula is C27H26Cl2N2O8. The maximum Gasteiger partial charge on any atom is 0.359 e. The van der Waals surface area contributed by atoms with Crippen LogP contribution in [-0.4, -0.2) is 59.7 Å². The smallest absolute Gasteiger partial charge is 0.359 e. The molecule has 4 rings (SSSR count). The summed E-state index contributed by atoms with van der Waals surface area (Å²) < 4.78 is 23.1. The van der Waals surface area contributed by atoms with Crippen molar-refractivity contribution in [3.05, 3.63) is 87.4 Å². The Hall–Kier alpha value is -3.73. The molecule has 1 aliphatic rings. The highest BCUT2D eigenvalue weighted by Gasteiger charge is 2.41. The first-order valence-corrected chi connectivity index (χ1v) is 12.7. The van der Waals surface area contributed by atoms with E-state index in [0.29, 0.717) is 16.3 Å². The summed E-state index contributed by atoms with van der Waals surface area (Å²) >= 11 is 11.8. The van der Waals surface area contributed by atoms with Gasteiger partial charge in [0.2, 0.25) is 0 Å². The van der Waals surface area contributed by atoms with E-state index in [1.807, 2.05) is 13.8 Å². The Morgan fingerprint density at radius 2 is 1.54 bits per heavy atom. The maximum absolute atomic E-state index is 12.8. The van der Waals surface area contributed by atoms with Crippen LogP contribution < -0.4 is 0 Å². The summed E-state index contributed by atoms with van der Waals surface area (Å²) in [6.45, 7) is 3.74. The monoisotopic (exact) mass is 576 g/mol. The van der Waals surface area contributed by atoms with Gasteiger partial charge in [0, 0.05) is 16.5 Å². The van der Waals surface area contributed by atoms with Crippen LogP contribution in [0.3, 0.4) is 0 Å². The lowest BCUT2D eigenvalue weighted by atomic mass is 10.1. The topological polar surface area (TPSA) is 123 Å². The molecule has 2 aromatic carbocycles. The van der Waals surface area contributed by atoms with E-state index in [1.54, 1.807) is 24.3 Å². The fraction of sp³-hybridized carbons (Fsp3) is 0.296. The first-order valence-electron chi connectivity index (χ1n) is 12.0. The average molecular weight is 577 g/mol. The molecule has 3 atom stereocenters. The molecule has 1 aromatic heterocycles. The second kappa shape index (κ2) is 13.9. The zero-order valence-electron chi connectivity index (χ0n) is 21.3. The summed E-state index contributed by atoms with van der Waals surface area (Å²) in [7, 11) is 1.17. The Morgan fingerprint density at radius 1 is 0.974 bits per heavy atom. The molecule has 2 heterocycles. The molecule has 0 aliphatic carbocycles. The number of aldehydes is 1. The third kappa shape index (κ3) is 7.23. The molecule has 0 bridgehead atoms. The number of imidazole rings is 1. The number of hydrogen-bond donors (Lipinski definition) is 0. The van der Waals surface area contributed by atoms with Crippen LogP contribution in [0.1, 0.15) is 68.2 Å². The summed E-state index contributed by atoms with van der Waals surface area (Å²) in [4.78, 5) is 52.9. The summed E-state index contributed by atoms with van der Waals surface area (Å²) in [5.41, 5.74) is 0.273. The SMILES string of the molecule is CC.COC(=O)c1ncn(C2CC(OC(=O)c3ccc(Cl)cc3)C(COC(=O)c3ccc(Cl)cc3)O2)c1C=O. The van der Waals surface area contributed by atoms with Crippen LogP contribution in [0.15, 0.2) is 54.9 Å². The van der Waals surface area contributed by atoms with Gasteiger partial charge in [-0.15, -0.1) is 0 Å². The van der Waals surface area contributed by atoms with E-state index < -0.39 is 36.3 Å². The fourth-order valence-electron chi connectivity index (χ4n) is 3.73. The van der Waals surface area contributed by atoms with E-state index in [4.69, 9.17) is 37.4 Å². The van der Waals surface area contributed by atoms with Gasteiger partial charge in [0.1, 0.15) is 30.7 Å². The number of methoxy groups -OCH3 is 1. The summed E-state index contributed by atoms with van der Waals surface area (Å²) in [6, 6.07) is 12.2. The zero-order chi connectivity index (χ0) is 28.5. The minimum atomic E-state index is -0.888. The van der Waals surface area contributed by atoms with Crippen LogP contribution in [0, 0.1) is 0 Å². The first-order chi connectivity index (χ1) is 18.8. The average Bonchev–Trinajstić information content (AvgIpc) is 3.56. The highest BCUT2D eigenvalue weighted by Crippen LogP contribution is 2.33. The number of esters is 3. The molecule has 0 saturated carbocycles. The van der Waals surface area contributed by atoms with Crippen molar-refractivity contribution in [2.24, 2.45) is 0 Å². The number of ether oxygens (including phenoxy) is 4. The van der Waals surface area contributed by atoms with Gasteiger partial charge < -0.3 is 23.5 Å². The molecule has 10 nitrogen and oxygen atoms in total. The first kappa shape index (κ1) is 29.8. The van der Waals surface area contributed by atoms with Gasteiger partial charge in [-0.2, -0.15) is 0 Å². The van der Waals surface area contributed by atoms with Gasteiger partial charge in [0.25, 0.3) is 0 Å². The Labute approximate surface area is 234 Å². The minimum absolute atomic E-state index is 0.0709. The van der Waals surface area contributed by atoms with Crippen molar-refractivity contribution in [2.45, 2.75) is 38.7 Å². The highest BCUT2D eigenvalue weighted by molar-refractivity contribution is 6.31. The largest absolute Gasteiger partial charge is 0.464 e. The van der Waals surface area contributed by atoms with Crippen molar-refractivity contribution in [3.8, 4) is 0 Å². The summed E-state index contributed by atoms with van der Waals surface area (Å²) in [6.07, 6.45) is -0.823. The van der Waals surface area contributed by atoms with Crippen molar-refractivity contribution in [3.63, 3.8) is 0 Å². The second-order valence-electron chi connectivity index (χ2n) is 7.92. The van der Waals surface area contributed by atoms with Crippen LogP contribution in [0.25, 0.3) is 0 Å². The van der Waals surface area contributed by atoms with Gasteiger partial charge in [-0.05, 0) is 48.5 Å². The number of carbonyl (C=O) groups excluding carboxylic acids is 4. The molecule has 39 heavy (non-hydrogen) atoms. The molecule has 3 aromatic rings. The molecule has 12 heteroatoms. The van der Waals surface area contributed by atoms with Crippen molar-refractivity contribution in [2.75, 3.05) is 13.7 Å². The van der Waals surface area contributed by atoms with Gasteiger partial charge in [-0.1, -0.05) is 37.0 Å². The van der Waals surface area contributed by atoms with E-state index in [0.717, 1.165) is 0 Å². The normalized spacial score (nSPS) is 17.9. The van der Waals surface area contributed by atoms with Crippen molar-refractivity contribution < 1.29 is 38.1 Å². The molecule has 1 saturated heterocycles. The van der Waals surface area contributed by atoms with Crippen molar-refractivity contribution in [1.82, 2.24) is 9.55 Å². The number of aromatic nitrogens is 2. The maximum atomic E-state index is 12.8. The zero-order valence-corrected chi connectivity index (χ0v) is 22.8. The van der Waals surface area contributed by atoms with Crippen LogP contribution in [0.4, 0.5) is 0 Å². The molecule has 1 aliphatic heterocycles. The second-order valence-corrected chi connectivity index (χ2v) is 8.79. The Balaban J connectivity index is 0.00000205. The lowest BCUT2D eigenvalue weighted by Gasteiger charge is -2.19. The highest BCUT2D eigenvalue weighted by atomic mass is 35.5. The number of halogens is 2. The number of nitrogens with zero attached hydrogens (tertiary/aromatic N) is 2. The Morgan fingerprint density at radius 3 is 2.08 bits per heavy atom. The van der Waals surface area contributed by atoms with Gasteiger partial charge >= 0.3 is 17.9 Å². The van der Waals surface area contributed by atoms with E-state index in [-0.39, 0.29) is 35.5 Å². The van der Waals surface area contributed by atoms with Crippen LogP contribution >= 0.6 is 23.2 Å². The quantitative estimate of drug-likeness (QED) is 0.202. The predicted octanol–water partition coefficient (Wildman–Crippen LogP) is 5.19. The van der Waals surface area contributed by atoms with Gasteiger partial charge in [-0.25, -0.2) is 19.4 Å². The molecular weight excluding hydrogens is 551 g/mol. The third-order valence-corrected chi connectivity index (χ3v) is 6.11. The molecule has 0 N–H and O–H groups in total. The molecule has 206 valence electrons.